The lowest BCUT2D eigenvalue weighted by Gasteiger charge is -2.21. The fourth-order valence-corrected chi connectivity index (χ4v) is 4.99. The number of carbonyl (C=O) groups is 1. The van der Waals surface area contributed by atoms with Gasteiger partial charge in [0.15, 0.2) is 0 Å². The zero-order valence-corrected chi connectivity index (χ0v) is 16.9. The molecule has 2 aromatic rings. The number of thiophene rings is 1. The van der Waals surface area contributed by atoms with Crippen LogP contribution in [0.4, 0.5) is 0 Å². The molecule has 7 heteroatoms. The molecule has 0 unspecified atom stereocenters. The number of nitrogens with one attached hydrogen (secondary N) is 1. The van der Waals surface area contributed by atoms with E-state index in [1.165, 1.54) is 23.8 Å². The maximum absolute atomic E-state index is 12.3. The number of nitrogens with zero attached hydrogens (tertiary/aromatic N) is 1. The molecule has 1 N–H and O–H groups in total. The first-order valence-corrected chi connectivity index (χ1v) is 11.1. The molecule has 0 atom stereocenters. The van der Waals surface area contributed by atoms with E-state index < -0.39 is 10.0 Å². The van der Waals surface area contributed by atoms with E-state index in [-0.39, 0.29) is 12.5 Å². The highest BCUT2D eigenvalue weighted by Crippen LogP contribution is 2.21. The maximum atomic E-state index is 12.3. The van der Waals surface area contributed by atoms with E-state index in [9.17, 15) is 13.2 Å². The molecule has 0 aliphatic carbocycles. The number of hydrogen-bond donors (Lipinski definition) is 1. The molecule has 142 valence electrons. The van der Waals surface area contributed by atoms with Crippen LogP contribution in [0.15, 0.2) is 46.7 Å². The fraction of sp³-hybridized carbons (Fsp3) is 0.421. The van der Waals surface area contributed by atoms with Crippen molar-refractivity contribution in [1.82, 2.24) is 9.62 Å². The van der Waals surface area contributed by atoms with Crippen LogP contribution in [0.5, 0.6) is 0 Å². The second-order valence-electron chi connectivity index (χ2n) is 6.07. The molecule has 0 saturated heterocycles. The Labute approximate surface area is 160 Å². The van der Waals surface area contributed by atoms with Crippen LogP contribution in [0, 0.1) is 0 Å². The highest BCUT2D eigenvalue weighted by molar-refractivity contribution is 7.91. The molecule has 2 rings (SSSR count). The van der Waals surface area contributed by atoms with Gasteiger partial charge in [0.1, 0.15) is 4.21 Å². The van der Waals surface area contributed by atoms with Crippen molar-refractivity contribution in [3.63, 3.8) is 0 Å². The van der Waals surface area contributed by atoms with Gasteiger partial charge in [0, 0.05) is 31.4 Å². The monoisotopic (exact) mass is 394 g/mol. The molecular formula is C19H26N2O3S2. The van der Waals surface area contributed by atoms with Crippen LogP contribution < -0.4 is 4.72 Å². The molecule has 0 saturated carbocycles. The summed E-state index contributed by atoms with van der Waals surface area (Å²) in [7, 11) is -3.50. The lowest BCUT2D eigenvalue weighted by molar-refractivity contribution is -0.128. The number of hydrogen-bond acceptors (Lipinski definition) is 4. The first-order valence-electron chi connectivity index (χ1n) is 8.80. The smallest absolute Gasteiger partial charge is 0.250 e. The molecule has 0 spiro atoms. The van der Waals surface area contributed by atoms with Crippen molar-refractivity contribution < 1.29 is 13.2 Å². The Kier molecular flexibility index (Phi) is 7.81. The van der Waals surface area contributed by atoms with Crippen LogP contribution in [-0.2, 0) is 27.7 Å². The van der Waals surface area contributed by atoms with Crippen LogP contribution in [0.3, 0.4) is 0 Å². The summed E-state index contributed by atoms with van der Waals surface area (Å²) in [5.74, 6) is -0.0401. The zero-order valence-electron chi connectivity index (χ0n) is 15.3. The van der Waals surface area contributed by atoms with Gasteiger partial charge in [-0.3, -0.25) is 4.79 Å². The van der Waals surface area contributed by atoms with Crippen molar-refractivity contribution in [2.24, 2.45) is 0 Å². The molecule has 0 aliphatic rings. The Morgan fingerprint density at radius 3 is 2.46 bits per heavy atom. The highest BCUT2D eigenvalue weighted by atomic mass is 32.2. The van der Waals surface area contributed by atoms with Crippen LogP contribution in [-0.4, -0.2) is 38.9 Å². The number of sulfonamides is 1. The number of aryl methyl sites for hydroxylation is 2. The van der Waals surface area contributed by atoms with Crippen LogP contribution in [0.25, 0.3) is 0 Å². The number of benzene rings is 1. The molecule has 1 aromatic carbocycles. The standard InChI is InChI=1S/C19H26N2O3S2/c1-3-18-11-12-19(25-18)26(23,24)20-13-15-21(16(2)22)14-7-10-17-8-5-4-6-9-17/h4-6,8-9,11-12,20H,3,7,10,13-15H2,1-2H3. The third kappa shape index (κ3) is 6.23. The molecule has 1 aromatic heterocycles. The van der Waals surface area contributed by atoms with Gasteiger partial charge < -0.3 is 4.90 Å². The lowest BCUT2D eigenvalue weighted by Crippen LogP contribution is -2.38. The summed E-state index contributed by atoms with van der Waals surface area (Å²) in [5.41, 5.74) is 1.24. The van der Waals surface area contributed by atoms with Crippen molar-refractivity contribution >= 4 is 27.3 Å². The Hall–Kier alpha value is -1.70. The van der Waals surface area contributed by atoms with Crippen molar-refractivity contribution in [1.29, 1.82) is 0 Å². The topological polar surface area (TPSA) is 66.5 Å². The van der Waals surface area contributed by atoms with Gasteiger partial charge in [-0.15, -0.1) is 11.3 Å². The minimum absolute atomic E-state index is 0.0401. The summed E-state index contributed by atoms with van der Waals surface area (Å²) in [6.45, 7) is 4.71. The van der Waals surface area contributed by atoms with Crippen LogP contribution in [0.1, 0.15) is 30.7 Å². The summed E-state index contributed by atoms with van der Waals surface area (Å²) in [6.07, 6.45) is 2.56. The molecule has 5 nitrogen and oxygen atoms in total. The average molecular weight is 395 g/mol. The van der Waals surface area contributed by atoms with Crippen molar-refractivity contribution in [3.05, 3.63) is 52.9 Å². The molecule has 1 heterocycles. The van der Waals surface area contributed by atoms with Crippen LogP contribution in [0.2, 0.25) is 0 Å². The molecule has 0 aliphatic heterocycles. The summed E-state index contributed by atoms with van der Waals surface area (Å²) in [4.78, 5) is 14.5. The van der Waals surface area contributed by atoms with Gasteiger partial charge in [-0.2, -0.15) is 0 Å². The van der Waals surface area contributed by atoms with E-state index in [2.05, 4.69) is 16.9 Å². The summed E-state index contributed by atoms with van der Waals surface area (Å²) in [5, 5.41) is 0. The molecule has 0 bridgehead atoms. The first-order chi connectivity index (χ1) is 12.4. The fourth-order valence-electron chi connectivity index (χ4n) is 2.62. The Bertz CT molecular complexity index is 801. The molecular weight excluding hydrogens is 368 g/mol. The number of carbonyl (C=O) groups excluding carboxylic acids is 1. The van der Waals surface area contributed by atoms with E-state index >= 15 is 0 Å². The van der Waals surface area contributed by atoms with E-state index in [1.807, 2.05) is 31.2 Å². The van der Waals surface area contributed by atoms with E-state index in [0.717, 1.165) is 24.1 Å². The zero-order chi connectivity index (χ0) is 19.0. The molecule has 1 amide bonds. The van der Waals surface area contributed by atoms with Gasteiger partial charge >= 0.3 is 0 Å². The average Bonchev–Trinajstić information content (AvgIpc) is 3.11. The van der Waals surface area contributed by atoms with Crippen molar-refractivity contribution in [2.45, 2.75) is 37.3 Å². The van der Waals surface area contributed by atoms with Gasteiger partial charge in [0.05, 0.1) is 0 Å². The van der Waals surface area contributed by atoms with Crippen molar-refractivity contribution in [2.75, 3.05) is 19.6 Å². The Balaban J connectivity index is 1.81. The third-order valence-electron chi connectivity index (χ3n) is 4.11. The molecule has 0 fully saturated rings. The first kappa shape index (κ1) is 20.6. The minimum Gasteiger partial charge on any atom is -0.342 e. The normalized spacial score (nSPS) is 11.5. The van der Waals surface area contributed by atoms with Gasteiger partial charge in [-0.05, 0) is 37.0 Å². The Morgan fingerprint density at radius 2 is 1.85 bits per heavy atom. The minimum atomic E-state index is -3.50. The predicted octanol–water partition coefficient (Wildman–Crippen LogP) is 3.07. The van der Waals surface area contributed by atoms with Gasteiger partial charge in [-0.25, -0.2) is 13.1 Å². The summed E-state index contributed by atoms with van der Waals surface area (Å²) >= 11 is 1.29. The van der Waals surface area contributed by atoms with Crippen molar-refractivity contribution in [3.8, 4) is 0 Å². The van der Waals surface area contributed by atoms with Crippen LogP contribution >= 0.6 is 11.3 Å². The molecule has 0 radical (unpaired) electrons. The van der Waals surface area contributed by atoms with E-state index in [4.69, 9.17) is 0 Å². The maximum Gasteiger partial charge on any atom is 0.250 e. The number of rotatable bonds is 10. The van der Waals surface area contributed by atoms with E-state index in [1.54, 1.807) is 11.0 Å². The highest BCUT2D eigenvalue weighted by Gasteiger charge is 2.17. The second-order valence-corrected chi connectivity index (χ2v) is 9.23. The van der Waals surface area contributed by atoms with E-state index in [0.29, 0.717) is 17.3 Å². The largest absolute Gasteiger partial charge is 0.342 e. The van der Waals surface area contributed by atoms with Gasteiger partial charge in [-0.1, -0.05) is 37.3 Å². The SMILES string of the molecule is CCc1ccc(S(=O)(=O)NCCN(CCCc2ccccc2)C(C)=O)s1. The predicted molar refractivity (Wildman–Crippen MR) is 106 cm³/mol. The van der Waals surface area contributed by atoms with Gasteiger partial charge in [0.2, 0.25) is 15.9 Å². The summed E-state index contributed by atoms with van der Waals surface area (Å²) in [6, 6.07) is 13.6. The quantitative estimate of drug-likeness (QED) is 0.673. The second kappa shape index (κ2) is 9.85. The molecule has 26 heavy (non-hydrogen) atoms. The summed E-state index contributed by atoms with van der Waals surface area (Å²) < 4.78 is 27.5. The Morgan fingerprint density at radius 1 is 1.12 bits per heavy atom. The number of amides is 1. The van der Waals surface area contributed by atoms with Gasteiger partial charge in [0.25, 0.3) is 0 Å². The third-order valence-corrected chi connectivity index (χ3v) is 7.29. The lowest BCUT2D eigenvalue weighted by atomic mass is 10.1.